The molecule has 0 aliphatic carbocycles. The van der Waals surface area contributed by atoms with Gasteiger partial charge in [0.05, 0.1) is 12.1 Å². The van der Waals surface area contributed by atoms with Crippen molar-refractivity contribution in [1.29, 1.82) is 0 Å². The zero-order chi connectivity index (χ0) is 14.4. The van der Waals surface area contributed by atoms with Gasteiger partial charge in [-0.1, -0.05) is 18.2 Å². The van der Waals surface area contributed by atoms with Crippen LogP contribution in [0.3, 0.4) is 0 Å². The molecule has 2 aromatic rings. The second-order valence-electron chi connectivity index (χ2n) is 4.64. The molecule has 2 N–H and O–H groups in total. The average Bonchev–Trinajstić information content (AvgIpc) is 2.50. The Morgan fingerprint density at radius 3 is 2.75 bits per heavy atom. The second kappa shape index (κ2) is 7.22. The highest BCUT2D eigenvalue weighted by Crippen LogP contribution is 2.23. The highest BCUT2D eigenvalue weighted by Gasteiger charge is 2.12. The quantitative estimate of drug-likeness (QED) is 0.788. The topological polar surface area (TPSA) is 51.4 Å². The molecular weight excluding hydrogens is 250 g/mol. The minimum Gasteiger partial charge on any atom is -0.380 e. The summed E-state index contributed by atoms with van der Waals surface area (Å²) in [5, 5.41) is 1.14. The molecule has 0 spiro atoms. The van der Waals surface area contributed by atoms with Crippen LogP contribution in [0.25, 0.3) is 10.9 Å². The number of rotatable bonds is 7. The molecule has 4 heteroatoms. The van der Waals surface area contributed by atoms with E-state index in [1.165, 1.54) is 0 Å². The highest BCUT2D eigenvalue weighted by atomic mass is 16.5. The van der Waals surface area contributed by atoms with Crippen LogP contribution in [0.4, 0.5) is 5.82 Å². The van der Waals surface area contributed by atoms with Crippen LogP contribution < -0.4 is 10.6 Å². The van der Waals surface area contributed by atoms with E-state index in [9.17, 15) is 0 Å². The van der Waals surface area contributed by atoms with Gasteiger partial charge in [0.15, 0.2) is 0 Å². The third-order valence-electron chi connectivity index (χ3n) is 3.39. The Morgan fingerprint density at radius 2 is 2.05 bits per heavy atom. The fourth-order valence-corrected chi connectivity index (χ4v) is 2.31. The molecule has 0 aliphatic heterocycles. The van der Waals surface area contributed by atoms with Crippen molar-refractivity contribution in [3.63, 3.8) is 0 Å². The zero-order valence-corrected chi connectivity index (χ0v) is 12.3. The number of benzene rings is 1. The van der Waals surface area contributed by atoms with Crippen molar-refractivity contribution < 1.29 is 4.74 Å². The number of para-hydroxylation sites is 1. The molecule has 0 saturated heterocycles. The highest BCUT2D eigenvalue weighted by molar-refractivity contribution is 5.81. The smallest absolute Gasteiger partial charge is 0.133 e. The third-order valence-corrected chi connectivity index (χ3v) is 3.39. The van der Waals surface area contributed by atoms with Gasteiger partial charge in [0.25, 0.3) is 0 Å². The lowest BCUT2D eigenvalue weighted by Crippen LogP contribution is -2.29. The molecule has 0 aliphatic rings. The van der Waals surface area contributed by atoms with Crippen molar-refractivity contribution in [3.05, 3.63) is 35.9 Å². The molecule has 0 saturated carbocycles. The maximum atomic E-state index is 5.89. The zero-order valence-electron chi connectivity index (χ0n) is 12.3. The van der Waals surface area contributed by atoms with Crippen LogP contribution in [0, 0.1) is 0 Å². The number of nitrogens with zero attached hydrogens (tertiary/aromatic N) is 2. The van der Waals surface area contributed by atoms with E-state index in [4.69, 9.17) is 15.5 Å². The fraction of sp³-hybridized carbons (Fsp3) is 0.438. The lowest BCUT2D eigenvalue weighted by Gasteiger charge is -2.24. The van der Waals surface area contributed by atoms with Crippen LogP contribution in [0.1, 0.15) is 19.4 Å². The predicted molar refractivity (Wildman–Crippen MR) is 84.0 cm³/mol. The van der Waals surface area contributed by atoms with E-state index >= 15 is 0 Å². The normalized spacial score (nSPS) is 10.9. The Balaban J connectivity index is 2.34. The number of hydrogen-bond donors (Lipinski definition) is 1. The van der Waals surface area contributed by atoms with Gasteiger partial charge in [-0.05, 0) is 26.0 Å². The van der Waals surface area contributed by atoms with Gasteiger partial charge in [0.1, 0.15) is 5.82 Å². The number of anilines is 1. The number of ether oxygens (including phenoxy) is 1. The van der Waals surface area contributed by atoms with Crippen molar-refractivity contribution in [2.45, 2.75) is 20.4 Å². The van der Waals surface area contributed by atoms with Gasteiger partial charge in [-0.3, -0.25) is 0 Å². The van der Waals surface area contributed by atoms with Gasteiger partial charge < -0.3 is 15.4 Å². The summed E-state index contributed by atoms with van der Waals surface area (Å²) in [5.41, 5.74) is 7.99. The number of likely N-dealkylation sites (N-methyl/N-ethyl adjacent to an activating group) is 1. The Hall–Kier alpha value is -1.65. The number of aromatic nitrogens is 1. The minimum absolute atomic E-state index is 0.498. The van der Waals surface area contributed by atoms with E-state index < -0.39 is 0 Å². The van der Waals surface area contributed by atoms with Gasteiger partial charge in [-0.2, -0.15) is 0 Å². The molecule has 1 heterocycles. The van der Waals surface area contributed by atoms with Crippen LogP contribution in [0.15, 0.2) is 30.3 Å². The van der Waals surface area contributed by atoms with Gasteiger partial charge in [-0.15, -0.1) is 0 Å². The average molecular weight is 273 g/mol. The third kappa shape index (κ3) is 3.26. The molecule has 0 bridgehead atoms. The van der Waals surface area contributed by atoms with Gasteiger partial charge in [0, 0.05) is 37.2 Å². The van der Waals surface area contributed by atoms with Crippen molar-refractivity contribution >= 4 is 16.7 Å². The Morgan fingerprint density at radius 1 is 1.25 bits per heavy atom. The summed E-state index contributed by atoms with van der Waals surface area (Å²) in [7, 11) is 0. The molecule has 20 heavy (non-hydrogen) atoms. The summed E-state index contributed by atoms with van der Waals surface area (Å²) in [4.78, 5) is 7.01. The summed E-state index contributed by atoms with van der Waals surface area (Å²) in [6, 6.07) is 10.3. The summed E-state index contributed by atoms with van der Waals surface area (Å²) in [5.74, 6) is 0.980. The Labute approximate surface area is 120 Å². The van der Waals surface area contributed by atoms with Crippen molar-refractivity contribution in [2.75, 3.05) is 31.2 Å². The van der Waals surface area contributed by atoms with E-state index in [0.717, 1.165) is 42.0 Å². The first-order valence-electron chi connectivity index (χ1n) is 7.21. The number of pyridine rings is 1. The molecule has 4 nitrogen and oxygen atoms in total. The SMILES string of the molecule is CCOCCN(CC)c1nc2ccccc2cc1CN. The van der Waals surface area contributed by atoms with Gasteiger partial charge in [0.2, 0.25) is 0 Å². The Kier molecular flexibility index (Phi) is 5.32. The van der Waals surface area contributed by atoms with Crippen LogP contribution in [0.2, 0.25) is 0 Å². The van der Waals surface area contributed by atoms with Gasteiger partial charge >= 0.3 is 0 Å². The van der Waals surface area contributed by atoms with E-state index in [-0.39, 0.29) is 0 Å². The molecule has 1 aromatic carbocycles. The van der Waals surface area contributed by atoms with Crippen molar-refractivity contribution in [3.8, 4) is 0 Å². The lowest BCUT2D eigenvalue weighted by atomic mass is 10.1. The van der Waals surface area contributed by atoms with E-state index in [0.29, 0.717) is 13.2 Å². The predicted octanol–water partition coefficient (Wildman–Crippen LogP) is 2.56. The molecule has 0 radical (unpaired) electrons. The molecule has 0 fully saturated rings. The van der Waals surface area contributed by atoms with Crippen LogP contribution in [-0.2, 0) is 11.3 Å². The molecule has 108 valence electrons. The maximum Gasteiger partial charge on any atom is 0.133 e. The first kappa shape index (κ1) is 14.8. The standard InChI is InChI=1S/C16H23N3O/c1-3-19(9-10-20-4-2)16-14(12-17)11-13-7-5-6-8-15(13)18-16/h5-8,11H,3-4,9-10,12,17H2,1-2H3. The molecular formula is C16H23N3O. The monoisotopic (exact) mass is 273 g/mol. The van der Waals surface area contributed by atoms with Crippen molar-refractivity contribution in [2.24, 2.45) is 5.73 Å². The summed E-state index contributed by atoms with van der Waals surface area (Å²) in [6.07, 6.45) is 0. The molecule has 0 atom stereocenters. The number of fused-ring (bicyclic) bond motifs is 1. The largest absolute Gasteiger partial charge is 0.380 e. The van der Waals surface area contributed by atoms with Gasteiger partial charge in [-0.25, -0.2) is 4.98 Å². The number of hydrogen-bond acceptors (Lipinski definition) is 4. The molecule has 0 unspecified atom stereocenters. The lowest BCUT2D eigenvalue weighted by molar-refractivity contribution is 0.154. The van der Waals surface area contributed by atoms with Crippen LogP contribution in [-0.4, -0.2) is 31.3 Å². The van der Waals surface area contributed by atoms with E-state index in [1.54, 1.807) is 0 Å². The minimum atomic E-state index is 0.498. The first-order valence-corrected chi connectivity index (χ1v) is 7.21. The maximum absolute atomic E-state index is 5.89. The van der Waals surface area contributed by atoms with E-state index in [1.807, 2.05) is 25.1 Å². The number of nitrogens with two attached hydrogens (primary N) is 1. The fourth-order valence-electron chi connectivity index (χ4n) is 2.31. The van der Waals surface area contributed by atoms with E-state index in [2.05, 4.69) is 24.0 Å². The second-order valence-corrected chi connectivity index (χ2v) is 4.64. The first-order chi connectivity index (χ1) is 9.80. The summed E-state index contributed by atoms with van der Waals surface area (Å²) < 4.78 is 5.45. The molecule has 2 rings (SSSR count). The Bertz CT molecular complexity index is 556. The molecule has 1 aromatic heterocycles. The van der Waals surface area contributed by atoms with Crippen molar-refractivity contribution in [1.82, 2.24) is 4.98 Å². The van der Waals surface area contributed by atoms with Crippen LogP contribution in [0.5, 0.6) is 0 Å². The molecule has 0 amide bonds. The van der Waals surface area contributed by atoms with Crippen LogP contribution >= 0.6 is 0 Å². The summed E-state index contributed by atoms with van der Waals surface area (Å²) >= 11 is 0. The summed E-state index contributed by atoms with van der Waals surface area (Å²) in [6.45, 7) is 7.82.